The van der Waals surface area contributed by atoms with E-state index in [4.69, 9.17) is 4.74 Å². The van der Waals surface area contributed by atoms with E-state index in [1.807, 2.05) is 11.8 Å². The molecule has 0 aromatic carbocycles. The maximum absolute atomic E-state index is 5.27. The maximum atomic E-state index is 5.27. The van der Waals surface area contributed by atoms with Crippen molar-refractivity contribution in [2.24, 2.45) is 0 Å². The fourth-order valence-corrected chi connectivity index (χ4v) is 2.31. The van der Waals surface area contributed by atoms with Crippen molar-refractivity contribution in [1.82, 2.24) is 20.6 Å². The Labute approximate surface area is 80.6 Å². The van der Waals surface area contributed by atoms with E-state index in [0.29, 0.717) is 5.25 Å². The smallest absolute Gasteiger partial charge is 0.184 e. The number of nitrogens with zero attached hydrogens (tertiary/aromatic N) is 3. The molecular formula is C7H12N4OS. The highest BCUT2D eigenvalue weighted by atomic mass is 32.2. The van der Waals surface area contributed by atoms with Gasteiger partial charge in [-0.05, 0) is 12.8 Å². The lowest BCUT2D eigenvalue weighted by atomic mass is 10.2. The summed E-state index contributed by atoms with van der Waals surface area (Å²) in [5.41, 5.74) is 0. The van der Waals surface area contributed by atoms with Crippen LogP contribution in [0.4, 0.5) is 0 Å². The molecule has 5 nitrogen and oxygen atoms in total. The predicted octanol–water partition coefficient (Wildman–Crippen LogP) is 0.612. The zero-order valence-electron chi connectivity index (χ0n) is 7.27. The van der Waals surface area contributed by atoms with Gasteiger partial charge in [0.15, 0.2) is 5.82 Å². The molecule has 0 saturated carbocycles. The van der Waals surface area contributed by atoms with Crippen molar-refractivity contribution < 1.29 is 4.74 Å². The van der Waals surface area contributed by atoms with Gasteiger partial charge in [0.2, 0.25) is 0 Å². The van der Waals surface area contributed by atoms with E-state index in [0.717, 1.165) is 37.6 Å². The number of tetrazole rings is 1. The summed E-state index contributed by atoms with van der Waals surface area (Å²) in [5.74, 6) is 1.64. The van der Waals surface area contributed by atoms with Crippen molar-refractivity contribution >= 4 is 11.8 Å². The van der Waals surface area contributed by atoms with Crippen molar-refractivity contribution in [1.29, 1.82) is 0 Å². The molecule has 13 heavy (non-hydrogen) atoms. The van der Waals surface area contributed by atoms with Crippen LogP contribution < -0.4 is 0 Å². The van der Waals surface area contributed by atoms with Gasteiger partial charge in [0.25, 0.3) is 0 Å². The quantitative estimate of drug-likeness (QED) is 0.774. The highest BCUT2D eigenvalue weighted by molar-refractivity contribution is 7.99. The lowest BCUT2D eigenvalue weighted by Gasteiger charge is -2.20. The number of H-pyrrole nitrogens is 1. The van der Waals surface area contributed by atoms with Crippen LogP contribution in [0.3, 0.4) is 0 Å². The third-order valence-corrected chi connectivity index (χ3v) is 3.37. The molecule has 0 unspecified atom stereocenters. The fraction of sp³-hybridized carbons (Fsp3) is 0.857. The SMILES string of the molecule is C1CC(SCc2nn[nH]n2)CCO1. The third kappa shape index (κ3) is 2.67. The molecule has 1 fully saturated rings. The number of thioether (sulfide) groups is 1. The second-order valence-electron chi connectivity index (χ2n) is 2.95. The number of aromatic amines is 1. The zero-order chi connectivity index (χ0) is 8.93. The van der Waals surface area contributed by atoms with Gasteiger partial charge < -0.3 is 4.74 Å². The van der Waals surface area contributed by atoms with E-state index in [9.17, 15) is 0 Å². The van der Waals surface area contributed by atoms with Gasteiger partial charge in [0.05, 0.1) is 5.75 Å². The molecule has 0 amide bonds. The minimum atomic E-state index is 0.701. The number of rotatable bonds is 3. The molecule has 1 saturated heterocycles. The first-order chi connectivity index (χ1) is 6.45. The normalized spacial score (nSPS) is 19.1. The van der Waals surface area contributed by atoms with Crippen LogP contribution in [0.2, 0.25) is 0 Å². The van der Waals surface area contributed by atoms with Crippen LogP contribution in [0.5, 0.6) is 0 Å². The molecule has 0 bridgehead atoms. The number of aromatic nitrogens is 4. The van der Waals surface area contributed by atoms with Gasteiger partial charge in [-0.2, -0.15) is 17.0 Å². The largest absolute Gasteiger partial charge is 0.381 e. The Balaban J connectivity index is 1.72. The van der Waals surface area contributed by atoms with E-state index in [1.165, 1.54) is 0 Å². The van der Waals surface area contributed by atoms with Gasteiger partial charge in [-0.1, -0.05) is 5.21 Å². The summed E-state index contributed by atoms with van der Waals surface area (Å²) in [7, 11) is 0. The van der Waals surface area contributed by atoms with Gasteiger partial charge in [-0.15, -0.1) is 10.2 Å². The first-order valence-electron chi connectivity index (χ1n) is 4.37. The first kappa shape index (κ1) is 8.96. The topological polar surface area (TPSA) is 63.7 Å². The van der Waals surface area contributed by atoms with Crippen LogP contribution >= 0.6 is 11.8 Å². The molecule has 0 radical (unpaired) electrons. The number of ether oxygens (including phenoxy) is 1. The molecular weight excluding hydrogens is 188 g/mol. The van der Waals surface area contributed by atoms with Gasteiger partial charge in [0.1, 0.15) is 0 Å². The van der Waals surface area contributed by atoms with E-state index in [-0.39, 0.29) is 0 Å². The molecule has 1 aliphatic heterocycles. The van der Waals surface area contributed by atoms with Crippen molar-refractivity contribution in [3.05, 3.63) is 5.82 Å². The second-order valence-corrected chi connectivity index (χ2v) is 4.24. The Hall–Kier alpha value is -0.620. The fourth-order valence-electron chi connectivity index (χ4n) is 1.28. The molecule has 0 atom stereocenters. The first-order valence-corrected chi connectivity index (χ1v) is 5.41. The Morgan fingerprint density at radius 3 is 3.00 bits per heavy atom. The van der Waals surface area contributed by atoms with E-state index in [2.05, 4.69) is 20.6 Å². The van der Waals surface area contributed by atoms with Crippen LogP contribution in [0.1, 0.15) is 18.7 Å². The van der Waals surface area contributed by atoms with E-state index < -0.39 is 0 Å². The van der Waals surface area contributed by atoms with Gasteiger partial charge >= 0.3 is 0 Å². The van der Waals surface area contributed by atoms with Crippen LogP contribution in [-0.2, 0) is 10.5 Å². The van der Waals surface area contributed by atoms with Crippen molar-refractivity contribution in [2.75, 3.05) is 13.2 Å². The minimum absolute atomic E-state index is 0.701. The molecule has 1 aliphatic rings. The Kier molecular flexibility index (Phi) is 3.15. The van der Waals surface area contributed by atoms with Gasteiger partial charge in [-0.25, -0.2) is 0 Å². The summed E-state index contributed by atoms with van der Waals surface area (Å²) in [6, 6.07) is 0. The van der Waals surface area contributed by atoms with Gasteiger partial charge in [0, 0.05) is 18.5 Å². The molecule has 2 rings (SSSR count). The average Bonchev–Trinajstić information content (AvgIpc) is 2.69. The highest BCUT2D eigenvalue weighted by Crippen LogP contribution is 2.23. The summed E-state index contributed by atoms with van der Waals surface area (Å²) >= 11 is 1.89. The summed E-state index contributed by atoms with van der Waals surface area (Å²) in [6.45, 7) is 1.79. The molecule has 0 aliphatic carbocycles. The molecule has 0 spiro atoms. The molecule has 1 aromatic rings. The second kappa shape index (κ2) is 4.57. The lowest BCUT2D eigenvalue weighted by Crippen LogP contribution is -2.17. The Morgan fingerprint density at radius 2 is 2.31 bits per heavy atom. The summed E-state index contributed by atoms with van der Waals surface area (Å²) in [4.78, 5) is 0. The summed E-state index contributed by atoms with van der Waals surface area (Å²) < 4.78 is 5.27. The third-order valence-electron chi connectivity index (χ3n) is 2.01. The number of hydrogen-bond acceptors (Lipinski definition) is 5. The minimum Gasteiger partial charge on any atom is -0.381 e. The molecule has 1 N–H and O–H groups in total. The molecule has 2 heterocycles. The van der Waals surface area contributed by atoms with Crippen LogP contribution in [0.15, 0.2) is 0 Å². The summed E-state index contributed by atoms with van der Waals surface area (Å²) in [5, 5.41) is 14.5. The molecule has 1 aromatic heterocycles. The van der Waals surface area contributed by atoms with E-state index >= 15 is 0 Å². The van der Waals surface area contributed by atoms with Crippen LogP contribution in [-0.4, -0.2) is 39.1 Å². The molecule has 6 heteroatoms. The number of hydrogen-bond donors (Lipinski definition) is 1. The van der Waals surface area contributed by atoms with Crippen molar-refractivity contribution in [3.63, 3.8) is 0 Å². The van der Waals surface area contributed by atoms with Gasteiger partial charge in [-0.3, -0.25) is 0 Å². The standard InChI is InChI=1S/C7H12N4OS/c1-3-12-4-2-6(1)13-5-7-8-10-11-9-7/h6H,1-5H2,(H,8,9,10,11). The van der Waals surface area contributed by atoms with Crippen LogP contribution in [0.25, 0.3) is 0 Å². The Morgan fingerprint density at radius 1 is 1.46 bits per heavy atom. The maximum Gasteiger partial charge on any atom is 0.184 e. The van der Waals surface area contributed by atoms with Crippen molar-refractivity contribution in [2.45, 2.75) is 23.8 Å². The predicted molar refractivity (Wildman–Crippen MR) is 49.3 cm³/mol. The average molecular weight is 200 g/mol. The molecule has 72 valence electrons. The monoisotopic (exact) mass is 200 g/mol. The van der Waals surface area contributed by atoms with Crippen LogP contribution in [0, 0.1) is 0 Å². The zero-order valence-corrected chi connectivity index (χ0v) is 8.09. The Bertz CT molecular complexity index is 235. The number of nitrogens with one attached hydrogen (secondary N) is 1. The van der Waals surface area contributed by atoms with Crippen molar-refractivity contribution in [3.8, 4) is 0 Å². The summed E-state index contributed by atoms with van der Waals surface area (Å²) in [6.07, 6.45) is 2.28. The van der Waals surface area contributed by atoms with E-state index in [1.54, 1.807) is 0 Å². The highest BCUT2D eigenvalue weighted by Gasteiger charge is 2.14. The lowest BCUT2D eigenvalue weighted by molar-refractivity contribution is 0.1000.